The van der Waals surface area contributed by atoms with E-state index in [1.165, 1.54) is 0 Å². The molecule has 0 aromatic carbocycles. The zero-order valence-electron chi connectivity index (χ0n) is 13.1. The second kappa shape index (κ2) is 6.37. The van der Waals surface area contributed by atoms with Gasteiger partial charge in [0.1, 0.15) is 0 Å². The first-order chi connectivity index (χ1) is 11.7. The third kappa shape index (κ3) is 2.94. The Morgan fingerprint density at radius 3 is 2.71 bits per heavy atom. The minimum atomic E-state index is 0.111. The van der Waals surface area contributed by atoms with Crippen molar-refractivity contribution in [1.82, 2.24) is 15.0 Å². The van der Waals surface area contributed by atoms with Crippen molar-refractivity contribution in [3.63, 3.8) is 0 Å². The van der Waals surface area contributed by atoms with Gasteiger partial charge in [0.15, 0.2) is 0 Å². The number of thiophene rings is 2. The van der Waals surface area contributed by atoms with Crippen LogP contribution in [0.15, 0.2) is 33.5 Å². The van der Waals surface area contributed by atoms with E-state index < -0.39 is 0 Å². The van der Waals surface area contributed by atoms with Crippen LogP contribution in [0.2, 0.25) is 0 Å². The van der Waals surface area contributed by atoms with E-state index in [9.17, 15) is 4.79 Å². The molecule has 0 atom stereocenters. The highest BCUT2D eigenvalue weighted by Crippen LogP contribution is 2.23. The fraction of sp³-hybridized carbons (Fsp3) is 0.312. The van der Waals surface area contributed by atoms with Crippen molar-refractivity contribution in [2.24, 2.45) is 0 Å². The second-order valence-electron chi connectivity index (χ2n) is 5.60. The molecule has 0 radical (unpaired) electrons. The Balaban J connectivity index is 1.40. The molecule has 24 heavy (non-hydrogen) atoms. The number of hydrogen-bond acceptors (Lipinski definition) is 7. The van der Waals surface area contributed by atoms with Crippen molar-refractivity contribution in [3.05, 3.63) is 38.7 Å². The van der Waals surface area contributed by atoms with E-state index in [0.717, 1.165) is 15.3 Å². The van der Waals surface area contributed by atoms with Crippen LogP contribution in [0.1, 0.15) is 14.5 Å². The predicted molar refractivity (Wildman–Crippen MR) is 94.8 cm³/mol. The Bertz CT molecular complexity index is 832. The van der Waals surface area contributed by atoms with E-state index in [-0.39, 0.29) is 5.91 Å². The van der Waals surface area contributed by atoms with Gasteiger partial charge in [-0.25, -0.2) is 0 Å². The summed E-state index contributed by atoms with van der Waals surface area (Å²) in [5.41, 5.74) is 0.945. The topological polar surface area (TPSA) is 62.5 Å². The molecule has 1 aliphatic heterocycles. The number of carbonyl (C=O) groups excluding carboxylic acids is 1. The van der Waals surface area contributed by atoms with Crippen LogP contribution in [0.3, 0.4) is 0 Å². The summed E-state index contributed by atoms with van der Waals surface area (Å²) in [6.07, 6.45) is 0. The van der Waals surface area contributed by atoms with Crippen molar-refractivity contribution in [3.8, 4) is 11.5 Å². The summed E-state index contributed by atoms with van der Waals surface area (Å²) in [6, 6.07) is 5.85. The summed E-state index contributed by atoms with van der Waals surface area (Å²) in [5.74, 6) is 1.24. The second-order valence-corrected chi connectivity index (χ2v) is 7.67. The number of amides is 1. The van der Waals surface area contributed by atoms with Crippen LogP contribution < -0.4 is 4.90 Å². The Hall–Kier alpha value is -2.19. The van der Waals surface area contributed by atoms with Gasteiger partial charge in [-0.1, -0.05) is 0 Å². The van der Waals surface area contributed by atoms with Gasteiger partial charge in [0.05, 0.1) is 10.4 Å². The van der Waals surface area contributed by atoms with Crippen molar-refractivity contribution in [2.75, 3.05) is 31.1 Å². The minimum absolute atomic E-state index is 0.111. The van der Waals surface area contributed by atoms with Crippen molar-refractivity contribution in [2.45, 2.75) is 6.92 Å². The van der Waals surface area contributed by atoms with Gasteiger partial charge in [-0.3, -0.25) is 4.79 Å². The molecule has 3 aromatic heterocycles. The number of aromatic nitrogens is 2. The van der Waals surface area contributed by atoms with E-state index in [2.05, 4.69) is 15.0 Å². The Labute approximate surface area is 147 Å². The van der Waals surface area contributed by atoms with Crippen LogP contribution in [-0.2, 0) is 0 Å². The van der Waals surface area contributed by atoms with E-state index in [1.807, 2.05) is 40.8 Å². The lowest BCUT2D eigenvalue weighted by Crippen LogP contribution is -2.49. The lowest BCUT2D eigenvalue weighted by Gasteiger charge is -2.33. The largest absolute Gasteiger partial charge is 0.335 e. The maximum Gasteiger partial charge on any atom is 0.266 e. The number of anilines is 1. The van der Waals surface area contributed by atoms with Crippen LogP contribution in [0.25, 0.3) is 11.5 Å². The van der Waals surface area contributed by atoms with Crippen molar-refractivity contribution >= 4 is 34.5 Å². The predicted octanol–water partition coefficient (Wildman–Crippen LogP) is 3.13. The first kappa shape index (κ1) is 15.3. The monoisotopic (exact) mass is 360 g/mol. The highest BCUT2D eigenvalue weighted by molar-refractivity contribution is 7.13. The summed E-state index contributed by atoms with van der Waals surface area (Å²) in [5, 5.41) is 8.04. The van der Waals surface area contributed by atoms with E-state index in [1.54, 1.807) is 22.7 Å². The van der Waals surface area contributed by atoms with Gasteiger partial charge in [-0.15, -0.1) is 11.3 Å². The summed E-state index contributed by atoms with van der Waals surface area (Å²) in [6.45, 7) is 4.76. The number of aryl methyl sites for hydroxylation is 1. The number of carbonyl (C=O) groups is 1. The lowest BCUT2D eigenvalue weighted by molar-refractivity contribution is 0.0751. The highest BCUT2D eigenvalue weighted by Gasteiger charge is 2.25. The quantitative estimate of drug-likeness (QED) is 0.718. The Morgan fingerprint density at radius 2 is 2.04 bits per heavy atom. The first-order valence-electron chi connectivity index (χ1n) is 7.67. The zero-order valence-corrected chi connectivity index (χ0v) is 14.8. The van der Waals surface area contributed by atoms with Gasteiger partial charge in [0, 0.05) is 36.4 Å². The molecule has 1 amide bonds. The molecule has 0 unspecified atom stereocenters. The number of hydrogen-bond donors (Lipinski definition) is 0. The standard InChI is InChI=1S/C16H16N4O2S2/c1-11-2-3-13(24-11)15(21)19-5-7-20(8-6-19)16-17-14(22-18-16)12-4-9-23-10-12/h2-4,9-10H,5-8H2,1H3. The number of rotatable bonds is 3. The van der Waals surface area contributed by atoms with E-state index >= 15 is 0 Å². The smallest absolute Gasteiger partial charge is 0.266 e. The average molecular weight is 360 g/mol. The first-order valence-corrected chi connectivity index (χ1v) is 9.43. The van der Waals surface area contributed by atoms with Crippen LogP contribution in [-0.4, -0.2) is 47.1 Å². The molecule has 1 saturated heterocycles. The van der Waals surface area contributed by atoms with Gasteiger partial charge >= 0.3 is 0 Å². The Kier molecular flexibility index (Phi) is 4.07. The molecule has 4 heterocycles. The fourth-order valence-corrected chi connectivity index (χ4v) is 4.13. The van der Waals surface area contributed by atoms with Crippen LogP contribution in [0, 0.1) is 6.92 Å². The molecule has 0 N–H and O–H groups in total. The molecule has 3 aromatic rings. The van der Waals surface area contributed by atoms with Gasteiger partial charge in [0.2, 0.25) is 0 Å². The van der Waals surface area contributed by atoms with Crippen LogP contribution in [0.5, 0.6) is 0 Å². The molecule has 0 spiro atoms. The zero-order chi connectivity index (χ0) is 16.5. The molecular formula is C16H16N4O2S2. The maximum atomic E-state index is 12.5. The summed E-state index contributed by atoms with van der Waals surface area (Å²) in [7, 11) is 0. The molecule has 0 aliphatic carbocycles. The SMILES string of the molecule is Cc1ccc(C(=O)N2CCN(c3noc(-c4ccsc4)n3)CC2)s1. The third-order valence-electron chi connectivity index (χ3n) is 3.98. The summed E-state index contributed by atoms with van der Waals surface area (Å²) >= 11 is 3.14. The van der Waals surface area contributed by atoms with Crippen LogP contribution >= 0.6 is 22.7 Å². The number of nitrogens with zero attached hydrogens (tertiary/aromatic N) is 4. The summed E-state index contributed by atoms with van der Waals surface area (Å²) in [4.78, 5) is 22.9. The molecule has 124 valence electrons. The van der Waals surface area contributed by atoms with Gasteiger partial charge in [-0.2, -0.15) is 16.3 Å². The lowest BCUT2D eigenvalue weighted by atomic mass is 10.3. The van der Waals surface area contributed by atoms with Crippen molar-refractivity contribution < 1.29 is 9.32 Å². The molecule has 4 rings (SSSR count). The van der Waals surface area contributed by atoms with Crippen molar-refractivity contribution in [1.29, 1.82) is 0 Å². The molecular weight excluding hydrogens is 344 g/mol. The molecule has 0 bridgehead atoms. The Morgan fingerprint density at radius 1 is 1.21 bits per heavy atom. The number of piperazine rings is 1. The van der Waals surface area contributed by atoms with Gasteiger partial charge in [-0.05, 0) is 35.7 Å². The maximum absolute atomic E-state index is 12.5. The molecule has 6 nitrogen and oxygen atoms in total. The van der Waals surface area contributed by atoms with E-state index in [4.69, 9.17) is 4.52 Å². The van der Waals surface area contributed by atoms with Gasteiger partial charge < -0.3 is 14.3 Å². The normalized spacial score (nSPS) is 15.0. The average Bonchev–Trinajstić information content (AvgIpc) is 3.35. The molecule has 0 saturated carbocycles. The minimum Gasteiger partial charge on any atom is -0.335 e. The molecule has 1 fully saturated rings. The third-order valence-corrected chi connectivity index (χ3v) is 5.66. The molecule has 8 heteroatoms. The van der Waals surface area contributed by atoms with Crippen LogP contribution in [0.4, 0.5) is 5.95 Å². The van der Waals surface area contributed by atoms with Gasteiger partial charge in [0.25, 0.3) is 17.7 Å². The summed E-state index contributed by atoms with van der Waals surface area (Å²) < 4.78 is 5.33. The van der Waals surface area contributed by atoms with E-state index in [0.29, 0.717) is 38.0 Å². The highest BCUT2D eigenvalue weighted by atomic mass is 32.1. The molecule has 1 aliphatic rings. The fourth-order valence-electron chi connectivity index (χ4n) is 2.66.